The summed E-state index contributed by atoms with van der Waals surface area (Å²) < 4.78 is 29.5. The Morgan fingerprint density at radius 2 is 1.72 bits per heavy atom. The van der Waals surface area contributed by atoms with Crippen LogP contribution in [0.4, 0.5) is 0 Å². The molecule has 2 N–H and O–H groups in total. The van der Waals surface area contributed by atoms with Crippen molar-refractivity contribution in [3.05, 3.63) is 64.0 Å². The predicted molar refractivity (Wildman–Crippen MR) is 97.1 cm³/mol. The third-order valence-electron chi connectivity index (χ3n) is 3.15. The number of carbonyl (C=O) groups excluding carboxylic acids is 1. The predicted octanol–water partition coefficient (Wildman–Crippen LogP) is 3.25. The average molecular weight is 395 g/mol. The largest absolute Gasteiger partial charge is 0.379 e. The molecule has 0 aromatic heterocycles. The van der Waals surface area contributed by atoms with Crippen LogP contribution in [0.3, 0.4) is 0 Å². The first kappa shape index (κ1) is 17.5. The lowest BCUT2D eigenvalue weighted by molar-refractivity contribution is -0.115. The van der Waals surface area contributed by atoms with E-state index in [4.69, 9.17) is 21.2 Å². The van der Waals surface area contributed by atoms with Gasteiger partial charge in [-0.1, -0.05) is 23.7 Å². The summed E-state index contributed by atoms with van der Waals surface area (Å²) in [7, 11) is -3.95. The van der Waals surface area contributed by atoms with Crippen LogP contribution in [0, 0.1) is 5.41 Å². The average Bonchev–Trinajstić information content (AvgIpc) is 2.87. The minimum atomic E-state index is -3.95. The summed E-state index contributed by atoms with van der Waals surface area (Å²) >= 11 is 6.77. The molecule has 3 rings (SSSR count). The van der Waals surface area contributed by atoms with Crippen LogP contribution in [0.1, 0.15) is 5.56 Å². The summed E-state index contributed by atoms with van der Waals surface area (Å²) in [6.07, 6.45) is 1.61. The summed E-state index contributed by atoms with van der Waals surface area (Å²) in [5, 5.41) is 10.3. The fourth-order valence-electron chi connectivity index (χ4n) is 1.99. The molecule has 0 radical (unpaired) electrons. The van der Waals surface area contributed by atoms with Gasteiger partial charge in [-0.25, -0.2) is 0 Å². The van der Waals surface area contributed by atoms with E-state index >= 15 is 0 Å². The fourth-order valence-corrected chi connectivity index (χ4v) is 3.75. The highest BCUT2D eigenvalue weighted by Gasteiger charge is 2.22. The quantitative estimate of drug-likeness (QED) is 0.613. The van der Waals surface area contributed by atoms with Gasteiger partial charge in [0, 0.05) is 5.02 Å². The monoisotopic (exact) mass is 394 g/mol. The normalized spacial score (nSPS) is 16.1. The first-order valence-electron chi connectivity index (χ1n) is 6.93. The number of benzene rings is 2. The highest BCUT2D eigenvalue weighted by molar-refractivity contribution is 8.18. The van der Waals surface area contributed by atoms with Gasteiger partial charge < -0.3 is 9.50 Å². The smallest absolute Gasteiger partial charge is 0.339 e. The number of rotatable bonds is 4. The number of hydrogen-bond donors (Lipinski definition) is 2. The second kappa shape index (κ2) is 6.91. The molecular weight excluding hydrogens is 384 g/mol. The Kier molecular flexibility index (Phi) is 4.85. The van der Waals surface area contributed by atoms with Crippen molar-refractivity contribution in [2.24, 2.45) is 0 Å². The number of nitrogens with one attached hydrogen (secondary N) is 2. The summed E-state index contributed by atoms with van der Waals surface area (Å²) in [4.78, 5) is 12.0. The van der Waals surface area contributed by atoms with Crippen LogP contribution in [0.25, 0.3) is 6.08 Å². The van der Waals surface area contributed by atoms with Gasteiger partial charge in [0.05, 0.1) is 4.91 Å². The molecule has 0 aliphatic carbocycles. The van der Waals surface area contributed by atoms with Crippen LogP contribution in [0.15, 0.2) is 58.3 Å². The maximum atomic E-state index is 12.2. The Bertz CT molecular complexity index is 968. The number of amidine groups is 1. The summed E-state index contributed by atoms with van der Waals surface area (Å²) in [5.74, 6) is -0.186. The van der Waals surface area contributed by atoms with Crippen molar-refractivity contribution in [2.45, 2.75) is 4.90 Å². The fraction of sp³-hybridized carbons (Fsp3) is 0. The molecule has 1 aliphatic heterocycles. The van der Waals surface area contributed by atoms with Gasteiger partial charge in [0.2, 0.25) is 0 Å². The number of amides is 1. The van der Waals surface area contributed by atoms with E-state index in [0.717, 1.165) is 11.8 Å². The maximum absolute atomic E-state index is 12.2. The summed E-state index contributed by atoms with van der Waals surface area (Å²) in [6, 6.07) is 11.9. The van der Waals surface area contributed by atoms with Crippen molar-refractivity contribution < 1.29 is 17.4 Å². The van der Waals surface area contributed by atoms with Crippen molar-refractivity contribution in [3.63, 3.8) is 0 Å². The van der Waals surface area contributed by atoms with E-state index in [2.05, 4.69) is 5.32 Å². The zero-order valence-corrected chi connectivity index (χ0v) is 14.9. The third-order valence-corrected chi connectivity index (χ3v) is 5.49. The van der Waals surface area contributed by atoms with Gasteiger partial charge in [-0.05, 0) is 59.8 Å². The Balaban J connectivity index is 1.77. The first-order valence-corrected chi connectivity index (χ1v) is 9.53. The molecular formula is C16H11ClN2O4S2. The van der Waals surface area contributed by atoms with Crippen molar-refractivity contribution in [3.8, 4) is 5.75 Å². The van der Waals surface area contributed by atoms with Gasteiger partial charge in [-0.3, -0.25) is 10.2 Å². The molecule has 1 aliphatic rings. The molecule has 6 nitrogen and oxygen atoms in total. The minimum absolute atomic E-state index is 0.000587. The second-order valence-corrected chi connectivity index (χ2v) is 7.99. The minimum Gasteiger partial charge on any atom is -0.379 e. The topological polar surface area (TPSA) is 96.3 Å². The Labute approximate surface area is 153 Å². The Morgan fingerprint density at radius 3 is 2.28 bits per heavy atom. The number of carbonyl (C=O) groups is 1. The van der Waals surface area contributed by atoms with Gasteiger partial charge in [0.15, 0.2) is 5.17 Å². The number of hydrogen-bond acceptors (Lipinski definition) is 6. The molecule has 9 heteroatoms. The van der Waals surface area contributed by atoms with Gasteiger partial charge in [0.1, 0.15) is 10.6 Å². The molecule has 1 saturated heterocycles. The lowest BCUT2D eigenvalue weighted by Gasteiger charge is -2.07. The molecule has 1 amide bonds. The molecule has 0 bridgehead atoms. The van der Waals surface area contributed by atoms with E-state index in [1.807, 2.05) is 0 Å². The van der Waals surface area contributed by atoms with Gasteiger partial charge >= 0.3 is 10.1 Å². The highest BCUT2D eigenvalue weighted by Crippen LogP contribution is 2.26. The van der Waals surface area contributed by atoms with Crippen LogP contribution < -0.4 is 9.50 Å². The standard InChI is InChI=1S/C16H11ClN2O4S2/c17-11-3-7-13(8-4-11)25(21,22)23-12-5-1-10(2-6-12)9-14-15(20)19-16(18)24-14/h1-9H,(H2,18,19,20). The van der Waals surface area contributed by atoms with Gasteiger partial charge in [-0.15, -0.1) is 0 Å². The lowest BCUT2D eigenvalue weighted by atomic mass is 10.2. The van der Waals surface area contributed by atoms with Gasteiger partial charge in [-0.2, -0.15) is 8.42 Å². The van der Waals surface area contributed by atoms with E-state index in [9.17, 15) is 13.2 Å². The number of thioether (sulfide) groups is 1. The lowest BCUT2D eigenvalue weighted by Crippen LogP contribution is -2.18. The van der Waals surface area contributed by atoms with Crippen LogP contribution in [-0.4, -0.2) is 19.5 Å². The SMILES string of the molecule is N=C1NC(=O)C(=Cc2ccc(OS(=O)(=O)c3ccc(Cl)cc3)cc2)S1. The van der Waals surface area contributed by atoms with Crippen molar-refractivity contribution >= 4 is 50.6 Å². The van der Waals surface area contributed by atoms with E-state index in [1.54, 1.807) is 18.2 Å². The van der Waals surface area contributed by atoms with Crippen molar-refractivity contribution in [2.75, 3.05) is 0 Å². The highest BCUT2D eigenvalue weighted by atomic mass is 35.5. The van der Waals surface area contributed by atoms with Crippen LogP contribution >= 0.6 is 23.4 Å². The third kappa shape index (κ3) is 4.22. The zero-order chi connectivity index (χ0) is 18.0. The Hall–Kier alpha value is -2.29. The molecule has 0 unspecified atom stereocenters. The van der Waals surface area contributed by atoms with Crippen LogP contribution in [0.2, 0.25) is 5.02 Å². The molecule has 1 fully saturated rings. The molecule has 0 spiro atoms. The van der Waals surface area contributed by atoms with Crippen molar-refractivity contribution in [1.82, 2.24) is 5.32 Å². The summed E-state index contributed by atoms with van der Waals surface area (Å²) in [5.41, 5.74) is 0.684. The van der Waals surface area contributed by atoms with E-state index in [0.29, 0.717) is 15.5 Å². The molecule has 1 heterocycles. The first-order chi connectivity index (χ1) is 11.8. The van der Waals surface area contributed by atoms with E-state index in [1.165, 1.54) is 36.4 Å². The zero-order valence-electron chi connectivity index (χ0n) is 12.5. The number of halogens is 1. The molecule has 2 aromatic carbocycles. The van der Waals surface area contributed by atoms with Gasteiger partial charge in [0.25, 0.3) is 5.91 Å². The van der Waals surface area contributed by atoms with Crippen LogP contribution in [0.5, 0.6) is 5.75 Å². The molecule has 0 atom stereocenters. The van der Waals surface area contributed by atoms with Crippen molar-refractivity contribution in [1.29, 1.82) is 5.41 Å². The molecule has 25 heavy (non-hydrogen) atoms. The Morgan fingerprint density at radius 1 is 1.08 bits per heavy atom. The maximum Gasteiger partial charge on any atom is 0.339 e. The molecule has 0 saturated carbocycles. The molecule has 2 aromatic rings. The van der Waals surface area contributed by atoms with Crippen LogP contribution in [-0.2, 0) is 14.9 Å². The van der Waals surface area contributed by atoms with E-state index < -0.39 is 10.1 Å². The van der Waals surface area contributed by atoms with E-state index in [-0.39, 0.29) is 21.7 Å². The summed E-state index contributed by atoms with van der Waals surface area (Å²) in [6.45, 7) is 0. The molecule has 128 valence electrons. The second-order valence-electron chi connectivity index (χ2n) is 4.95.